The molecule has 22 heavy (non-hydrogen) atoms. The summed E-state index contributed by atoms with van der Waals surface area (Å²) < 4.78 is 44.9. The van der Waals surface area contributed by atoms with Crippen molar-refractivity contribution in [2.45, 2.75) is 6.36 Å². The number of alkyl halides is 3. The van der Waals surface area contributed by atoms with Gasteiger partial charge in [-0.15, -0.1) is 13.2 Å². The normalized spacial score (nSPS) is 11.1. The second kappa shape index (κ2) is 5.92. The fraction of sp³-hybridized carbons (Fsp3) is 0.143. The number of carboxylic acids is 1. The SMILES string of the molecule is COc1cc(C(=O)O)cc(-c2ccc(OC(F)(F)F)cc2)n1. The number of rotatable bonds is 4. The number of halogens is 3. The lowest BCUT2D eigenvalue weighted by Crippen LogP contribution is -2.16. The quantitative estimate of drug-likeness (QED) is 0.937. The molecule has 1 N–H and O–H groups in total. The van der Waals surface area contributed by atoms with Crippen molar-refractivity contribution in [2.24, 2.45) is 0 Å². The van der Waals surface area contributed by atoms with Crippen LogP contribution in [0.25, 0.3) is 11.3 Å². The molecule has 116 valence electrons. The molecule has 5 nitrogen and oxygen atoms in total. The topological polar surface area (TPSA) is 68.7 Å². The highest BCUT2D eigenvalue weighted by molar-refractivity contribution is 5.89. The lowest BCUT2D eigenvalue weighted by atomic mass is 10.1. The Morgan fingerprint density at radius 2 is 1.82 bits per heavy atom. The van der Waals surface area contributed by atoms with Gasteiger partial charge in [0.25, 0.3) is 0 Å². The first-order chi connectivity index (χ1) is 10.3. The third kappa shape index (κ3) is 3.87. The van der Waals surface area contributed by atoms with E-state index in [2.05, 4.69) is 9.72 Å². The van der Waals surface area contributed by atoms with E-state index in [0.29, 0.717) is 5.56 Å². The van der Waals surface area contributed by atoms with E-state index in [4.69, 9.17) is 9.84 Å². The van der Waals surface area contributed by atoms with Gasteiger partial charge in [0, 0.05) is 11.6 Å². The first-order valence-corrected chi connectivity index (χ1v) is 5.94. The van der Waals surface area contributed by atoms with Crippen molar-refractivity contribution in [2.75, 3.05) is 7.11 Å². The molecule has 0 aliphatic carbocycles. The molecule has 0 aliphatic rings. The average molecular weight is 313 g/mol. The van der Waals surface area contributed by atoms with Gasteiger partial charge in [-0.2, -0.15) is 0 Å². The van der Waals surface area contributed by atoms with Gasteiger partial charge in [0.1, 0.15) is 5.75 Å². The van der Waals surface area contributed by atoms with Crippen LogP contribution in [0.15, 0.2) is 36.4 Å². The van der Waals surface area contributed by atoms with Crippen molar-refractivity contribution >= 4 is 5.97 Å². The van der Waals surface area contributed by atoms with Crippen LogP contribution < -0.4 is 9.47 Å². The van der Waals surface area contributed by atoms with E-state index in [1.54, 1.807) is 0 Å². The van der Waals surface area contributed by atoms with Gasteiger partial charge in [0.05, 0.1) is 18.4 Å². The van der Waals surface area contributed by atoms with E-state index >= 15 is 0 Å². The van der Waals surface area contributed by atoms with Gasteiger partial charge < -0.3 is 14.6 Å². The van der Waals surface area contributed by atoms with E-state index in [0.717, 1.165) is 12.1 Å². The lowest BCUT2D eigenvalue weighted by molar-refractivity contribution is -0.274. The van der Waals surface area contributed by atoms with Gasteiger partial charge in [-0.1, -0.05) is 0 Å². The van der Waals surface area contributed by atoms with Crippen molar-refractivity contribution < 1.29 is 32.5 Å². The van der Waals surface area contributed by atoms with E-state index < -0.39 is 12.3 Å². The molecule has 2 aromatic rings. The number of pyridine rings is 1. The smallest absolute Gasteiger partial charge is 0.481 e. The minimum atomic E-state index is -4.77. The van der Waals surface area contributed by atoms with Gasteiger partial charge in [-0.3, -0.25) is 0 Å². The molecule has 0 amide bonds. The Morgan fingerprint density at radius 1 is 1.18 bits per heavy atom. The first kappa shape index (κ1) is 15.6. The predicted molar refractivity (Wildman–Crippen MR) is 69.9 cm³/mol. The zero-order valence-corrected chi connectivity index (χ0v) is 11.2. The monoisotopic (exact) mass is 313 g/mol. The molecular weight excluding hydrogens is 303 g/mol. The summed E-state index contributed by atoms with van der Waals surface area (Å²) in [4.78, 5) is 15.1. The Kier molecular flexibility index (Phi) is 4.20. The molecule has 0 bridgehead atoms. The maximum absolute atomic E-state index is 12.1. The van der Waals surface area contributed by atoms with Gasteiger partial charge in [-0.05, 0) is 30.3 Å². The molecule has 0 radical (unpaired) electrons. The molecule has 1 heterocycles. The average Bonchev–Trinajstić information content (AvgIpc) is 2.45. The van der Waals surface area contributed by atoms with Crippen molar-refractivity contribution in [3.05, 3.63) is 42.0 Å². The largest absolute Gasteiger partial charge is 0.573 e. The fourth-order valence-corrected chi connectivity index (χ4v) is 1.71. The highest BCUT2D eigenvalue weighted by Gasteiger charge is 2.31. The van der Waals surface area contributed by atoms with Crippen LogP contribution in [-0.4, -0.2) is 29.5 Å². The molecule has 8 heteroatoms. The molecule has 0 saturated heterocycles. The summed E-state index contributed by atoms with van der Waals surface area (Å²) in [7, 11) is 1.33. The molecule has 0 spiro atoms. The third-order valence-electron chi connectivity index (χ3n) is 2.64. The number of carboxylic acid groups (broad SMARTS) is 1. The van der Waals surface area contributed by atoms with Crippen molar-refractivity contribution in [3.63, 3.8) is 0 Å². The number of hydrogen-bond acceptors (Lipinski definition) is 4. The van der Waals surface area contributed by atoms with Gasteiger partial charge in [-0.25, -0.2) is 9.78 Å². The van der Waals surface area contributed by atoms with E-state index in [-0.39, 0.29) is 22.9 Å². The van der Waals surface area contributed by atoms with Crippen LogP contribution in [0.1, 0.15) is 10.4 Å². The summed E-state index contributed by atoms with van der Waals surface area (Å²) in [6.45, 7) is 0. The van der Waals surface area contributed by atoms with Crippen LogP contribution >= 0.6 is 0 Å². The minimum absolute atomic E-state index is 0.0440. The molecular formula is C14H10F3NO4. The third-order valence-corrected chi connectivity index (χ3v) is 2.64. The highest BCUT2D eigenvalue weighted by Crippen LogP contribution is 2.27. The number of hydrogen-bond donors (Lipinski definition) is 1. The van der Waals surface area contributed by atoms with Crippen LogP contribution in [0.2, 0.25) is 0 Å². The predicted octanol–water partition coefficient (Wildman–Crippen LogP) is 3.35. The second-order valence-corrected chi connectivity index (χ2v) is 4.16. The molecule has 1 aromatic heterocycles. The van der Waals surface area contributed by atoms with Gasteiger partial charge in [0.15, 0.2) is 0 Å². The highest BCUT2D eigenvalue weighted by atomic mass is 19.4. The molecule has 0 unspecified atom stereocenters. The Labute approximate surface area is 122 Å². The number of methoxy groups -OCH3 is 1. The molecule has 0 atom stereocenters. The van der Waals surface area contributed by atoms with E-state index in [1.807, 2.05) is 0 Å². The maximum atomic E-state index is 12.1. The zero-order chi connectivity index (χ0) is 16.3. The van der Waals surface area contributed by atoms with Crippen molar-refractivity contribution in [1.29, 1.82) is 0 Å². The van der Waals surface area contributed by atoms with Crippen LogP contribution in [0.5, 0.6) is 11.6 Å². The molecule has 1 aromatic carbocycles. The Balaban J connectivity index is 2.35. The van der Waals surface area contributed by atoms with Crippen LogP contribution in [0.4, 0.5) is 13.2 Å². The summed E-state index contributed by atoms with van der Waals surface area (Å²) in [5.41, 5.74) is 0.642. The van der Waals surface area contributed by atoms with E-state index in [1.165, 1.54) is 31.4 Å². The van der Waals surface area contributed by atoms with Crippen molar-refractivity contribution in [3.8, 4) is 22.9 Å². The van der Waals surface area contributed by atoms with Crippen LogP contribution in [0.3, 0.4) is 0 Å². The summed E-state index contributed by atoms with van der Waals surface area (Å²) in [5, 5.41) is 9.02. The first-order valence-electron chi connectivity index (χ1n) is 5.94. The standard InChI is InChI=1S/C14H10F3NO4/c1-21-12-7-9(13(19)20)6-11(18-12)8-2-4-10(5-3-8)22-14(15,16)17/h2-7H,1H3,(H,19,20). The summed E-state index contributed by atoms with van der Waals surface area (Å²) in [5.74, 6) is -1.46. The fourth-order valence-electron chi connectivity index (χ4n) is 1.71. The maximum Gasteiger partial charge on any atom is 0.573 e. The summed E-state index contributed by atoms with van der Waals surface area (Å²) >= 11 is 0. The second-order valence-electron chi connectivity index (χ2n) is 4.16. The van der Waals surface area contributed by atoms with Gasteiger partial charge >= 0.3 is 12.3 Å². The molecule has 0 fully saturated rings. The Bertz CT molecular complexity index is 683. The zero-order valence-electron chi connectivity index (χ0n) is 11.2. The molecule has 2 rings (SSSR count). The summed E-state index contributed by atoms with van der Waals surface area (Å²) in [6.07, 6.45) is -4.77. The number of aromatic nitrogens is 1. The summed E-state index contributed by atoms with van der Waals surface area (Å²) in [6, 6.07) is 7.45. The van der Waals surface area contributed by atoms with E-state index in [9.17, 15) is 18.0 Å². The van der Waals surface area contributed by atoms with Gasteiger partial charge in [0.2, 0.25) is 5.88 Å². The Morgan fingerprint density at radius 3 is 2.32 bits per heavy atom. The lowest BCUT2D eigenvalue weighted by Gasteiger charge is -2.10. The Hall–Kier alpha value is -2.77. The molecule has 0 saturated carbocycles. The number of aromatic carboxylic acids is 1. The number of carbonyl (C=O) groups is 1. The molecule has 0 aliphatic heterocycles. The number of benzene rings is 1. The van der Waals surface area contributed by atoms with Crippen molar-refractivity contribution in [1.82, 2.24) is 4.98 Å². The number of ether oxygens (including phenoxy) is 2. The minimum Gasteiger partial charge on any atom is -0.481 e. The number of nitrogens with zero attached hydrogens (tertiary/aromatic N) is 1. The van der Waals surface area contributed by atoms with Crippen LogP contribution in [0, 0.1) is 0 Å². The van der Waals surface area contributed by atoms with Crippen LogP contribution in [-0.2, 0) is 0 Å².